The van der Waals surface area contributed by atoms with Crippen molar-refractivity contribution in [2.75, 3.05) is 0 Å². The van der Waals surface area contributed by atoms with Gasteiger partial charge in [0.1, 0.15) is 5.78 Å². The highest BCUT2D eigenvalue weighted by Gasteiger charge is 2.13. The number of hydrogen-bond acceptors (Lipinski definition) is 1. The van der Waals surface area contributed by atoms with E-state index in [9.17, 15) is 4.79 Å². The van der Waals surface area contributed by atoms with Crippen LogP contribution < -0.4 is 0 Å². The van der Waals surface area contributed by atoms with Crippen molar-refractivity contribution in [3.63, 3.8) is 0 Å². The lowest BCUT2D eigenvalue weighted by Crippen LogP contribution is -2.10. The number of carbonyl (C=O) groups is 1. The maximum Gasteiger partial charge on any atom is 0.137 e. The molecule has 0 saturated carbocycles. The van der Waals surface area contributed by atoms with Crippen LogP contribution in [0.5, 0.6) is 0 Å². The van der Waals surface area contributed by atoms with Crippen LogP contribution in [0.15, 0.2) is 42.5 Å². The number of rotatable bonds is 4. The lowest BCUT2D eigenvalue weighted by molar-refractivity contribution is -0.118. The maximum absolute atomic E-state index is 12.0. The average Bonchev–Trinajstić information content (AvgIpc) is 2.35. The van der Waals surface area contributed by atoms with Crippen molar-refractivity contribution < 1.29 is 4.79 Å². The van der Waals surface area contributed by atoms with Crippen LogP contribution >= 0.6 is 0 Å². The number of ketones is 1. The smallest absolute Gasteiger partial charge is 0.137 e. The van der Waals surface area contributed by atoms with E-state index in [4.69, 9.17) is 0 Å². The van der Waals surface area contributed by atoms with Gasteiger partial charge in [-0.3, -0.25) is 4.79 Å². The van der Waals surface area contributed by atoms with Gasteiger partial charge in [0, 0.05) is 12.8 Å². The van der Waals surface area contributed by atoms with Gasteiger partial charge in [-0.1, -0.05) is 63.2 Å². The lowest BCUT2D eigenvalue weighted by atomic mass is 9.88. The quantitative estimate of drug-likeness (QED) is 0.767. The molecule has 0 bridgehead atoms. The number of fused-ring (bicyclic) bond motifs is 1. The second-order valence-electron chi connectivity index (χ2n) is 6.46. The molecule has 0 aromatic heterocycles. The van der Waals surface area contributed by atoms with Crippen LogP contribution in [0.4, 0.5) is 0 Å². The number of hydrogen-bond donors (Lipinski definition) is 0. The first-order valence-corrected chi connectivity index (χ1v) is 6.93. The topological polar surface area (TPSA) is 17.1 Å². The molecule has 0 aliphatic carbocycles. The molecule has 0 saturated heterocycles. The van der Waals surface area contributed by atoms with Crippen LogP contribution in [-0.2, 0) is 11.2 Å². The molecule has 2 aromatic rings. The molecule has 0 amide bonds. The van der Waals surface area contributed by atoms with Gasteiger partial charge in [0.2, 0.25) is 0 Å². The van der Waals surface area contributed by atoms with Crippen LogP contribution in [0.25, 0.3) is 10.8 Å². The summed E-state index contributed by atoms with van der Waals surface area (Å²) >= 11 is 0. The van der Waals surface area contributed by atoms with E-state index in [0.717, 1.165) is 12.0 Å². The molecular weight excluding hydrogens is 232 g/mol. The van der Waals surface area contributed by atoms with Crippen LogP contribution in [0.3, 0.4) is 0 Å². The molecule has 0 N–H and O–H groups in total. The molecule has 1 nitrogen and oxygen atoms in total. The second kappa shape index (κ2) is 5.56. The molecule has 0 atom stereocenters. The molecule has 2 rings (SSSR count). The minimum atomic E-state index is 0.235. The van der Waals surface area contributed by atoms with E-state index >= 15 is 0 Å². The van der Waals surface area contributed by atoms with Crippen molar-refractivity contribution in [1.82, 2.24) is 0 Å². The number of benzene rings is 2. The SMILES string of the molecule is CC(C)(C)CCC(=O)Cc1ccc2ccccc2c1. The molecule has 0 heterocycles. The largest absolute Gasteiger partial charge is 0.299 e. The van der Waals surface area contributed by atoms with Crippen molar-refractivity contribution >= 4 is 16.6 Å². The van der Waals surface area contributed by atoms with Crippen molar-refractivity contribution in [3.05, 3.63) is 48.0 Å². The van der Waals surface area contributed by atoms with Crippen LogP contribution in [0.2, 0.25) is 0 Å². The Morgan fingerprint density at radius 2 is 1.68 bits per heavy atom. The Bertz CT molecular complexity index is 576. The first kappa shape index (κ1) is 13.8. The van der Waals surface area contributed by atoms with E-state index in [1.54, 1.807) is 0 Å². The first-order chi connectivity index (χ1) is 8.94. The predicted octanol–water partition coefficient (Wildman–Crippen LogP) is 4.78. The summed E-state index contributed by atoms with van der Waals surface area (Å²) < 4.78 is 0. The normalized spacial score (nSPS) is 11.7. The summed E-state index contributed by atoms with van der Waals surface area (Å²) in [4.78, 5) is 12.0. The summed E-state index contributed by atoms with van der Waals surface area (Å²) in [6, 6.07) is 14.6. The van der Waals surface area contributed by atoms with E-state index in [-0.39, 0.29) is 5.41 Å². The number of Topliss-reactive ketones (excluding diaryl/α,β-unsaturated/α-hetero) is 1. The van der Waals surface area contributed by atoms with Gasteiger partial charge < -0.3 is 0 Å². The zero-order chi connectivity index (χ0) is 13.9. The summed E-state index contributed by atoms with van der Waals surface area (Å²) in [7, 11) is 0. The Kier molecular flexibility index (Phi) is 4.04. The fourth-order valence-electron chi connectivity index (χ4n) is 2.18. The third-order valence-electron chi connectivity index (χ3n) is 3.37. The average molecular weight is 254 g/mol. The number of carbonyl (C=O) groups excluding carboxylic acids is 1. The van der Waals surface area contributed by atoms with Crippen LogP contribution in [0, 0.1) is 5.41 Å². The standard InChI is InChI=1S/C18H22O/c1-18(2,3)11-10-17(19)13-14-8-9-15-6-4-5-7-16(15)12-14/h4-9,12H,10-11,13H2,1-3H3. The molecule has 0 unspecified atom stereocenters. The molecule has 0 aliphatic rings. The maximum atomic E-state index is 12.0. The minimum absolute atomic E-state index is 0.235. The van der Waals surface area contributed by atoms with Crippen molar-refractivity contribution in [3.8, 4) is 0 Å². The third kappa shape index (κ3) is 4.20. The van der Waals surface area contributed by atoms with E-state index in [1.165, 1.54) is 10.8 Å². The molecule has 1 heteroatoms. The molecule has 0 radical (unpaired) electrons. The molecule has 0 aliphatic heterocycles. The summed E-state index contributed by atoms with van der Waals surface area (Å²) in [5.41, 5.74) is 1.36. The van der Waals surface area contributed by atoms with Crippen LogP contribution in [-0.4, -0.2) is 5.78 Å². The van der Waals surface area contributed by atoms with Crippen molar-refractivity contribution in [2.45, 2.75) is 40.0 Å². The van der Waals surface area contributed by atoms with Gasteiger partial charge in [-0.15, -0.1) is 0 Å². The lowest BCUT2D eigenvalue weighted by Gasteiger charge is -2.17. The van der Waals surface area contributed by atoms with Crippen molar-refractivity contribution in [2.24, 2.45) is 5.41 Å². The van der Waals surface area contributed by atoms with Gasteiger partial charge in [0.25, 0.3) is 0 Å². The first-order valence-electron chi connectivity index (χ1n) is 6.93. The van der Waals surface area contributed by atoms with Gasteiger partial charge in [-0.2, -0.15) is 0 Å². The predicted molar refractivity (Wildman–Crippen MR) is 81.3 cm³/mol. The second-order valence-corrected chi connectivity index (χ2v) is 6.46. The van der Waals surface area contributed by atoms with E-state index in [0.29, 0.717) is 18.6 Å². The summed E-state index contributed by atoms with van der Waals surface area (Å²) in [6.45, 7) is 6.53. The Morgan fingerprint density at radius 1 is 1.00 bits per heavy atom. The van der Waals surface area contributed by atoms with E-state index in [2.05, 4.69) is 51.1 Å². The van der Waals surface area contributed by atoms with E-state index < -0.39 is 0 Å². The fourth-order valence-corrected chi connectivity index (χ4v) is 2.18. The zero-order valence-electron chi connectivity index (χ0n) is 12.1. The molecule has 0 spiro atoms. The minimum Gasteiger partial charge on any atom is -0.299 e. The van der Waals surface area contributed by atoms with Gasteiger partial charge in [0.05, 0.1) is 0 Å². The fraction of sp³-hybridized carbons (Fsp3) is 0.389. The Hall–Kier alpha value is -1.63. The highest BCUT2D eigenvalue weighted by molar-refractivity contribution is 5.86. The van der Waals surface area contributed by atoms with Gasteiger partial charge >= 0.3 is 0 Å². The Labute approximate surface area is 115 Å². The summed E-state index contributed by atoms with van der Waals surface area (Å²) in [6.07, 6.45) is 2.19. The zero-order valence-corrected chi connectivity index (χ0v) is 12.1. The molecule has 100 valence electrons. The summed E-state index contributed by atoms with van der Waals surface area (Å²) in [5, 5.41) is 2.44. The molecule has 19 heavy (non-hydrogen) atoms. The molecule has 2 aromatic carbocycles. The van der Waals surface area contributed by atoms with Gasteiger partial charge in [-0.25, -0.2) is 0 Å². The Morgan fingerprint density at radius 3 is 2.37 bits per heavy atom. The van der Waals surface area contributed by atoms with Gasteiger partial charge in [0.15, 0.2) is 0 Å². The Balaban J connectivity index is 2.03. The molecular formula is C18H22O. The third-order valence-corrected chi connectivity index (χ3v) is 3.37. The summed E-state index contributed by atoms with van der Waals surface area (Å²) in [5.74, 6) is 0.338. The monoisotopic (exact) mass is 254 g/mol. The highest BCUT2D eigenvalue weighted by atomic mass is 16.1. The van der Waals surface area contributed by atoms with Gasteiger partial charge in [-0.05, 0) is 28.2 Å². The highest BCUT2D eigenvalue weighted by Crippen LogP contribution is 2.22. The van der Waals surface area contributed by atoms with Crippen LogP contribution in [0.1, 0.15) is 39.2 Å². The van der Waals surface area contributed by atoms with Crippen molar-refractivity contribution in [1.29, 1.82) is 0 Å². The van der Waals surface area contributed by atoms with E-state index in [1.807, 2.05) is 12.1 Å². The molecule has 0 fully saturated rings.